The number of carbonyl (C=O) groups is 1. The van der Waals surface area contributed by atoms with E-state index >= 15 is 0 Å². The van der Waals surface area contributed by atoms with Gasteiger partial charge in [0.15, 0.2) is 0 Å². The van der Waals surface area contributed by atoms with Gasteiger partial charge < -0.3 is 9.84 Å². The first-order valence-electron chi connectivity index (χ1n) is 5.87. The average Bonchev–Trinajstić information content (AvgIpc) is 2.32. The van der Waals surface area contributed by atoms with Crippen molar-refractivity contribution < 1.29 is 23.1 Å². The van der Waals surface area contributed by atoms with Crippen molar-refractivity contribution in [2.75, 3.05) is 25.0 Å². The van der Waals surface area contributed by atoms with Crippen LogP contribution in [-0.2, 0) is 14.9 Å². The van der Waals surface area contributed by atoms with E-state index in [0.29, 0.717) is 5.56 Å². The lowest BCUT2D eigenvalue weighted by molar-refractivity contribution is 0.0698. The van der Waals surface area contributed by atoms with E-state index in [1.807, 2.05) is 0 Å². The van der Waals surface area contributed by atoms with E-state index in [9.17, 15) is 13.2 Å². The molecule has 0 heterocycles. The topological polar surface area (TPSA) is 105 Å². The summed E-state index contributed by atoms with van der Waals surface area (Å²) in [4.78, 5) is 11.2. The number of carboxylic acids is 1. The van der Waals surface area contributed by atoms with Crippen LogP contribution in [0.3, 0.4) is 0 Å². The first-order valence-corrected chi connectivity index (χ1v) is 7.36. The summed E-state index contributed by atoms with van der Waals surface area (Å²) in [7, 11) is -2.39. The number of hydrogen-bond acceptors (Lipinski definition) is 4. The third kappa shape index (κ3) is 4.48. The van der Waals surface area contributed by atoms with Crippen LogP contribution in [0.4, 0.5) is 5.69 Å². The first kappa shape index (κ1) is 16.4. The van der Waals surface area contributed by atoms with Crippen LogP contribution in [0.1, 0.15) is 21.5 Å². The van der Waals surface area contributed by atoms with E-state index in [-0.39, 0.29) is 24.4 Å². The highest BCUT2D eigenvalue weighted by molar-refractivity contribution is 7.90. The lowest BCUT2D eigenvalue weighted by Crippen LogP contribution is -2.33. The van der Waals surface area contributed by atoms with Gasteiger partial charge >= 0.3 is 5.97 Å². The van der Waals surface area contributed by atoms with Gasteiger partial charge in [-0.05, 0) is 31.0 Å². The van der Waals surface area contributed by atoms with Gasteiger partial charge in [0.1, 0.15) is 0 Å². The second-order valence-corrected chi connectivity index (χ2v) is 5.80. The number of aryl methyl sites for hydroxylation is 2. The largest absolute Gasteiger partial charge is 0.478 e. The molecule has 1 aromatic carbocycles. The monoisotopic (exact) mass is 302 g/mol. The van der Waals surface area contributed by atoms with Crippen molar-refractivity contribution in [3.8, 4) is 0 Å². The SMILES string of the molecule is COCCNS(=O)(=O)Nc1c(C)cc(C)cc1C(=O)O. The minimum atomic E-state index is -3.84. The molecule has 3 N–H and O–H groups in total. The molecule has 0 spiro atoms. The number of aromatic carboxylic acids is 1. The molecule has 7 nitrogen and oxygen atoms in total. The molecule has 0 bridgehead atoms. The van der Waals surface area contributed by atoms with Crippen LogP contribution in [0.5, 0.6) is 0 Å². The van der Waals surface area contributed by atoms with E-state index in [1.165, 1.54) is 13.2 Å². The number of rotatable bonds is 7. The second-order valence-electron chi connectivity index (χ2n) is 4.30. The van der Waals surface area contributed by atoms with Gasteiger partial charge in [-0.2, -0.15) is 13.1 Å². The van der Waals surface area contributed by atoms with Crippen molar-refractivity contribution in [3.05, 3.63) is 28.8 Å². The Labute approximate surface area is 118 Å². The number of hydrogen-bond donors (Lipinski definition) is 3. The number of carboxylic acid groups (broad SMARTS) is 1. The van der Waals surface area contributed by atoms with Gasteiger partial charge in [0.2, 0.25) is 0 Å². The van der Waals surface area contributed by atoms with Crippen molar-refractivity contribution in [3.63, 3.8) is 0 Å². The number of methoxy groups -OCH3 is 1. The lowest BCUT2D eigenvalue weighted by atomic mass is 10.0. The van der Waals surface area contributed by atoms with Crippen LogP contribution < -0.4 is 9.44 Å². The molecule has 0 atom stereocenters. The fourth-order valence-corrected chi connectivity index (χ4v) is 2.68. The summed E-state index contributed by atoms with van der Waals surface area (Å²) < 4.78 is 32.9. The van der Waals surface area contributed by atoms with Gasteiger partial charge in [0.05, 0.1) is 17.9 Å². The van der Waals surface area contributed by atoms with E-state index < -0.39 is 16.2 Å². The Morgan fingerprint density at radius 2 is 2.00 bits per heavy atom. The molecule has 0 saturated carbocycles. The van der Waals surface area contributed by atoms with Crippen LogP contribution in [0.25, 0.3) is 0 Å². The normalized spacial score (nSPS) is 11.3. The number of anilines is 1. The molecule has 0 unspecified atom stereocenters. The van der Waals surface area contributed by atoms with Gasteiger partial charge in [0.25, 0.3) is 10.2 Å². The summed E-state index contributed by atoms with van der Waals surface area (Å²) >= 11 is 0. The Hall–Kier alpha value is -1.64. The average molecular weight is 302 g/mol. The molecule has 112 valence electrons. The molecule has 8 heteroatoms. The maximum Gasteiger partial charge on any atom is 0.337 e. The molecular formula is C12H18N2O5S. The Morgan fingerprint density at radius 1 is 1.35 bits per heavy atom. The van der Waals surface area contributed by atoms with Crippen molar-refractivity contribution in [2.45, 2.75) is 13.8 Å². The van der Waals surface area contributed by atoms with Crippen molar-refractivity contribution >= 4 is 21.9 Å². The molecule has 0 aliphatic carbocycles. The molecule has 1 aromatic rings. The standard InChI is InChI=1S/C12H18N2O5S/c1-8-6-9(2)11(10(7-8)12(15)16)14-20(17,18)13-4-5-19-3/h6-7,13-14H,4-5H2,1-3H3,(H,15,16). The zero-order valence-corrected chi connectivity index (χ0v) is 12.4. The van der Waals surface area contributed by atoms with Crippen molar-refractivity contribution in [2.24, 2.45) is 0 Å². The zero-order valence-electron chi connectivity index (χ0n) is 11.6. The van der Waals surface area contributed by atoms with Gasteiger partial charge in [-0.15, -0.1) is 0 Å². The minimum Gasteiger partial charge on any atom is -0.478 e. The van der Waals surface area contributed by atoms with E-state index in [2.05, 4.69) is 9.44 Å². The van der Waals surface area contributed by atoms with Gasteiger partial charge in [-0.1, -0.05) is 6.07 Å². The Bertz CT molecular complexity index is 598. The van der Waals surface area contributed by atoms with Gasteiger partial charge in [0, 0.05) is 13.7 Å². The molecule has 20 heavy (non-hydrogen) atoms. The fourth-order valence-electron chi connectivity index (χ4n) is 1.72. The summed E-state index contributed by atoms with van der Waals surface area (Å²) in [6.45, 7) is 3.71. The summed E-state index contributed by atoms with van der Waals surface area (Å²) in [5, 5.41) is 9.15. The fraction of sp³-hybridized carbons (Fsp3) is 0.417. The van der Waals surface area contributed by atoms with Gasteiger partial charge in [-0.25, -0.2) is 4.79 Å². The third-order valence-corrected chi connectivity index (χ3v) is 3.60. The molecule has 0 saturated heterocycles. The predicted molar refractivity (Wildman–Crippen MR) is 75.3 cm³/mol. The molecular weight excluding hydrogens is 284 g/mol. The van der Waals surface area contributed by atoms with Crippen LogP contribution in [0.2, 0.25) is 0 Å². The van der Waals surface area contributed by atoms with E-state index in [1.54, 1.807) is 19.9 Å². The highest BCUT2D eigenvalue weighted by atomic mass is 32.2. The number of nitrogens with one attached hydrogen (secondary N) is 2. The highest BCUT2D eigenvalue weighted by Crippen LogP contribution is 2.23. The van der Waals surface area contributed by atoms with Crippen molar-refractivity contribution in [1.82, 2.24) is 4.72 Å². The molecule has 0 fully saturated rings. The molecule has 0 radical (unpaired) electrons. The van der Waals surface area contributed by atoms with E-state index in [4.69, 9.17) is 9.84 Å². The number of ether oxygens (including phenoxy) is 1. The van der Waals surface area contributed by atoms with Gasteiger partial charge in [-0.3, -0.25) is 4.72 Å². The van der Waals surface area contributed by atoms with Crippen LogP contribution in [0, 0.1) is 13.8 Å². The number of benzene rings is 1. The zero-order chi connectivity index (χ0) is 15.3. The molecule has 0 amide bonds. The third-order valence-electron chi connectivity index (χ3n) is 2.54. The Kier molecular flexibility index (Phi) is 5.49. The maximum absolute atomic E-state index is 11.8. The van der Waals surface area contributed by atoms with Crippen molar-refractivity contribution in [1.29, 1.82) is 0 Å². The molecule has 0 aliphatic rings. The van der Waals surface area contributed by atoms with Crippen LogP contribution in [0.15, 0.2) is 12.1 Å². The minimum absolute atomic E-state index is 0.0630. The van der Waals surface area contributed by atoms with Crippen LogP contribution >= 0.6 is 0 Å². The quantitative estimate of drug-likeness (QED) is 0.649. The summed E-state index contributed by atoms with van der Waals surface area (Å²) in [5.74, 6) is -1.19. The summed E-state index contributed by atoms with van der Waals surface area (Å²) in [5.41, 5.74) is 1.27. The first-order chi connectivity index (χ1) is 9.26. The smallest absolute Gasteiger partial charge is 0.337 e. The second kappa shape index (κ2) is 6.69. The summed E-state index contributed by atoms with van der Waals surface area (Å²) in [6.07, 6.45) is 0. The predicted octanol–water partition coefficient (Wildman–Crippen LogP) is 0.894. The maximum atomic E-state index is 11.8. The Morgan fingerprint density at radius 3 is 2.55 bits per heavy atom. The van der Waals surface area contributed by atoms with E-state index in [0.717, 1.165) is 5.56 Å². The molecule has 1 rings (SSSR count). The molecule has 0 aliphatic heterocycles. The Balaban J connectivity index is 3.05. The molecule has 0 aromatic heterocycles. The summed E-state index contributed by atoms with van der Waals surface area (Å²) in [6, 6.07) is 3.13. The highest BCUT2D eigenvalue weighted by Gasteiger charge is 2.18. The van der Waals surface area contributed by atoms with Crippen LogP contribution in [-0.4, -0.2) is 39.8 Å². The lowest BCUT2D eigenvalue weighted by Gasteiger charge is -2.14.